The van der Waals surface area contributed by atoms with E-state index in [-0.39, 0.29) is 19.3 Å². The lowest BCUT2D eigenvalue weighted by atomic mass is 10.1. The molecule has 0 aliphatic carbocycles. The van der Waals surface area contributed by atoms with Crippen LogP contribution in [-0.4, -0.2) is 43.9 Å². The maximum Gasteiger partial charge on any atom is 0.267 e. The first-order valence-electron chi connectivity index (χ1n) is 4.71. The number of hydrogen-bond donors (Lipinski definition) is 1. The third kappa shape index (κ3) is 7.00. The van der Waals surface area contributed by atoms with Crippen LogP contribution in [0.1, 0.15) is 19.3 Å². The van der Waals surface area contributed by atoms with E-state index in [9.17, 15) is 26.0 Å². The van der Waals surface area contributed by atoms with Crippen molar-refractivity contribution in [3.63, 3.8) is 0 Å². The van der Waals surface area contributed by atoms with Gasteiger partial charge in [0.15, 0.2) is 12.3 Å². The molecule has 0 aromatic rings. The molecule has 0 saturated heterocycles. The van der Waals surface area contributed by atoms with Crippen LogP contribution in [0.5, 0.6) is 0 Å². The molecule has 0 aliphatic rings. The number of unbranched alkanes of at least 4 members (excludes halogenated alkanes) is 1. The minimum Gasteiger partial charge on any atom is -0.285 e. The molecular weight excluding hydrogens is 252 g/mol. The smallest absolute Gasteiger partial charge is 0.267 e. The summed E-state index contributed by atoms with van der Waals surface area (Å²) in [7, 11) is -4.67. The second-order valence-electron chi connectivity index (χ2n) is 3.41. The van der Waals surface area contributed by atoms with Crippen LogP contribution in [0.2, 0.25) is 0 Å². The molecule has 0 heterocycles. The molecule has 0 bridgehead atoms. The standard InChI is InChI=1S/C8H14F4O3S/c9-4-2-1-3-6(10)8(12)7(11)5-16(13,14)15/h6-8H,1-5H2,(H,13,14,15). The van der Waals surface area contributed by atoms with Gasteiger partial charge >= 0.3 is 0 Å². The van der Waals surface area contributed by atoms with Crippen molar-refractivity contribution in [2.45, 2.75) is 37.8 Å². The summed E-state index contributed by atoms with van der Waals surface area (Å²) in [5, 5.41) is 0. The van der Waals surface area contributed by atoms with E-state index in [1.807, 2.05) is 0 Å². The van der Waals surface area contributed by atoms with E-state index in [2.05, 4.69) is 0 Å². The van der Waals surface area contributed by atoms with Gasteiger partial charge in [0.1, 0.15) is 11.9 Å². The molecule has 0 saturated carbocycles. The van der Waals surface area contributed by atoms with E-state index in [4.69, 9.17) is 4.55 Å². The first kappa shape index (κ1) is 15.6. The van der Waals surface area contributed by atoms with Gasteiger partial charge in [0.25, 0.3) is 10.1 Å². The Labute approximate surface area is 91.6 Å². The van der Waals surface area contributed by atoms with E-state index in [1.54, 1.807) is 0 Å². The zero-order chi connectivity index (χ0) is 12.8. The van der Waals surface area contributed by atoms with Crippen molar-refractivity contribution in [1.29, 1.82) is 0 Å². The molecule has 0 radical (unpaired) electrons. The first-order chi connectivity index (χ1) is 7.28. The van der Waals surface area contributed by atoms with Gasteiger partial charge in [-0.2, -0.15) is 8.42 Å². The second-order valence-corrected chi connectivity index (χ2v) is 4.91. The fourth-order valence-electron chi connectivity index (χ4n) is 1.11. The van der Waals surface area contributed by atoms with Gasteiger partial charge in [-0.05, 0) is 19.3 Å². The summed E-state index contributed by atoms with van der Waals surface area (Å²) in [5.41, 5.74) is 0. The summed E-state index contributed by atoms with van der Waals surface area (Å²) in [6.07, 6.45) is -7.71. The van der Waals surface area contributed by atoms with Gasteiger partial charge in [0.2, 0.25) is 0 Å². The van der Waals surface area contributed by atoms with Gasteiger partial charge in [-0.25, -0.2) is 13.2 Å². The maximum atomic E-state index is 12.9. The molecule has 0 rings (SSSR count). The monoisotopic (exact) mass is 266 g/mol. The fourth-order valence-corrected chi connectivity index (χ4v) is 1.70. The first-order valence-corrected chi connectivity index (χ1v) is 6.32. The summed E-state index contributed by atoms with van der Waals surface area (Å²) < 4.78 is 78.9. The maximum absolute atomic E-state index is 12.9. The Morgan fingerprint density at radius 1 is 1.06 bits per heavy atom. The Bertz CT molecular complexity index is 283. The Hall–Kier alpha value is -0.370. The molecule has 16 heavy (non-hydrogen) atoms. The predicted molar refractivity (Wildman–Crippen MR) is 50.9 cm³/mol. The van der Waals surface area contributed by atoms with Crippen LogP contribution >= 0.6 is 0 Å². The third-order valence-corrected chi connectivity index (χ3v) is 2.66. The molecule has 0 amide bonds. The lowest BCUT2D eigenvalue weighted by Crippen LogP contribution is -2.33. The van der Waals surface area contributed by atoms with Crippen LogP contribution in [0.15, 0.2) is 0 Å². The lowest BCUT2D eigenvalue weighted by molar-refractivity contribution is 0.0851. The number of halogens is 4. The molecular formula is C8H14F4O3S. The van der Waals surface area contributed by atoms with Gasteiger partial charge < -0.3 is 0 Å². The fraction of sp³-hybridized carbons (Fsp3) is 1.00. The third-order valence-electron chi connectivity index (χ3n) is 1.92. The van der Waals surface area contributed by atoms with Crippen LogP contribution in [0.3, 0.4) is 0 Å². The number of rotatable bonds is 8. The average molecular weight is 266 g/mol. The minimum atomic E-state index is -4.67. The molecule has 3 atom stereocenters. The Morgan fingerprint density at radius 2 is 1.62 bits per heavy atom. The van der Waals surface area contributed by atoms with Crippen LogP contribution in [-0.2, 0) is 10.1 Å². The van der Waals surface area contributed by atoms with Crippen molar-refractivity contribution in [3.05, 3.63) is 0 Å². The summed E-state index contributed by atoms with van der Waals surface area (Å²) in [4.78, 5) is 0. The Morgan fingerprint density at radius 3 is 2.06 bits per heavy atom. The molecule has 0 spiro atoms. The van der Waals surface area contributed by atoms with Gasteiger partial charge in [0.05, 0.1) is 6.67 Å². The number of hydrogen-bond acceptors (Lipinski definition) is 2. The quantitative estimate of drug-likeness (QED) is 0.415. The highest BCUT2D eigenvalue weighted by atomic mass is 32.2. The highest BCUT2D eigenvalue weighted by Crippen LogP contribution is 2.18. The molecule has 0 aromatic carbocycles. The SMILES string of the molecule is O=S(=O)(O)CC(F)C(F)C(F)CCCCF. The summed E-state index contributed by atoms with van der Waals surface area (Å²) in [6.45, 7) is -0.673. The summed E-state index contributed by atoms with van der Waals surface area (Å²) in [6, 6.07) is 0. The average Bonchev–Trinajstić information content (AvgIpc) is 2.14. The molecule has 1 N–H and O–H groups in total. The predicted octanol–water partition coefficient (Wildman–Crippen LogP) is 2.03. The zero-order valence-electron chi connectivity index (χ0n) is 8.45. The van der Waals surface area contributed by atoms with Crippen molar-refractivity contribution >= 4 is 10.1 Å². The summed E-state index contributed by atoms with van der Waals surface area (Å²) in [5.74, 6) is -1.47. The van der Waals surface area contributed by atoms with Crippen molar-refractivity contribution < 1.29 is 30.5 Å². The molecule has 8 heteroatoms. The lowest BCUT2D eigenvalue weighted by Gasteiger charge is -2.16. The second kappa shape index (κ2) is 7.05. The zero-order valence-corrected chi connectivity index (χ0v) is 9.27. The van der Waals surface area contributed by atoms with Gasteiger partial charge in [-0.3, -0.25) is 8.94 Å². The highest BCUT2D eigenvalue weighted by molar-refractivity contribution is 7.85. The van der Waals surface area contributed by atoms with Crippen LogP contribution in [0.4, 0.5) is 17.6 Å². The highest BCUT2D eigenvalue weighted by Gasteiger charge is 2.32. The molecule has 0 fully saturated rings. The van der Waals surface area contributed by atoms with Crippen molar-refractivity contribution in [1.82, 2.24) is 0 Å². The number of alkyl halides is 4. The van der Waals surface area contributed by atoms with Gasteiger partial charge in [-0.1, -0.05) is 0 Å². The van der Waals surface area contributed by atoms with E-state index in [0.29, 0.717) is 0 Å². The van der Waals surface area contributed by atoms with Crippen LogP contribution in [0, 0.1) is 0 Å². The topological polar surface area (TPSA) is 54.4 Å². The van der Waals surface area contributed by atoms with Crippen LogP contribution in [0.25, 0.3) is 0 Å². The molecule has 0 aromatic heterocycles. The normalized spacial score (nSPS) is 18.1. The van der Waals surface area contributed by atoms with Crippen molar-refractivity contribution in [3.8, 4) is 0 Å². The van der Waals surface area contributed by atoms with Crippen LogP contribution < -0.4 is 0 Å². The van der Waals surface area contributed by atoms with E-state index in [1.165, 1.54) is 0 Å². The van der Waals surface area contributed by atoms with E-state index >= 15 is 0 Å². The Balaban J connectivity index is 4.06. The minimum absolute atomic E-state index is 0.0440. The summed E-state index contributed by atoms with van der Waals surface area (Å²) >= 11 is 0. The largest absolute Gasteiger partial charge is 0.285 e. The molecule has 3 unspecified atom stereocenters. The molecule has 0 aliphatic heterocycles. The van der Waals surface area contributed by atoms with E-state index in [0.717, 1.165) is 0 Å². The Kier molecular flexibility index (Phi) is 6.89. The van der Waals surface area contributed by atoms with Crippen molar-refractivity contribution in [2.75, 3.05) is 12.4 Å². The molecule has 3 nitrogen and oxygen atoms in total. The van der Waals surface area contributed by atoms with E-state index < -0.39 is 41.1 Å². The van der Waals surface area contributed by atoms with Gasteiger partial charge in [0, 0.05) is 0 Å². The van der Waals surface area contributed by atoms with Crippen molar-refractivity contribution in [2.24, 2.45) is 0 Å². The molecule has 98 valence electrons. The van der Waals surface area contributed by atoms with Gasteiger partial charge in [-0.15, -0.1) is 0 Å².